The van der Waals surface area contributed by atoms with Gasteiger partial charge in [-0.1, -0.05) is 39.0 Å². The average Bonchev–Trinajstić information content (AvgIpc) is 3.36. The molecule has 0 aliphatic carbocycles. The third-order valence-electron chi connectivity index (χ3n) is 8.06. The number of carbonyl (C=O) groups is 2. The number of nitrogens with zero attached hydrogens (tertiary/aromatic N) is 1. The zero-order chi connectivity index (χ0) is 29.0. The molecule has 3 N–H and O–H groups in total. The van der Waals surface area contributed by atoms with E-state index in [1.807, 2.05) is 26.8 Å². The second-order valence-corrected chi connectivity index (χ2v) is 12.1. The number of fused-ring (bicyclic) bond motifs is 2. The van der Waals surface area contributed by atoms with Gasteiger partial charge in [-0.25, -0.2) is 8.78 Å². The van der Waals surface area contributed by atoms with E-state index < -0.39 is 46.9 Å². The maximum Gasteiger partial charge on any atom is 0.242 e. The van der Waals surface area contributed by atoms with Crippen molar-refractivity contribution in [1.82, 2.24) is 5.32 Å². The van der Waals surface area contributed by atoms with Gasteiger partial charge in [-0.2, -0.15) is 5.26 Å². The Labute approximate surface area is 232 Å². The van der Waals surface area contributed by atoms with Crippen molar-refractivity contribution in [1.29, 1.82) is 5.26 Å². The van der Waals surface area contributed by atoms with Gasteiger partial charge in [0.1, 0.15) is 17.0 Å². The van der Waals surface area contributed by atoms with Crippen LogP contribution >= 0.6 is 0 Å². The van der Waals surface area contributed by atoms with Crippen LogP contribution in [0.15, 0.2) is 54.6 Å². The molecule has 0 aromatic heterocycles. The van der Waals surface area contributed by atoms with Gasteiger partial charge < -0.3 is 16.0 Å². The van der Waals surface area contributed by atoms with E-state index in [2.05, 4.69) is 16.0 Å². The summed E-state index contributed by atoms with van der Waals surface area (Å²) in [5.41, 5.74) is 1.02. The highest BCUT2D eigenvalue weighted by Crippen LogP contribution is 2.57. The van der Waals surface area contributed by atoms with Crippen LogP contribution in [-0.4, -0.2) is 23.9 Å². The van der Waals surface area contributed by atoms with Gasteiger partial charge in [0, 0.05) is 23.3 Å². The molecule has 206 valence electrons. The van der Waals surface area contributed by atoms with Gasteiger partial charge in [0.05, 0.1) is 17.7 Å². The quantitative estimate of drug-likeness (QED) is 0.386. The Balaban J connectivity index is 1.73. The number of hydrogen-bond acceptors (Lipinski definition) is 4. The van der Waals surface area contributed by atoms with Gasteiger partial charge in [0.15, 0.2) is 0 Å². The summed E-state index contributed by atoms with van der Waals surface area (Å²) < 4.78 is 31.1. The molecule has 6 nitrogen and oxygen atoms in total. The normalized spacial score (nSPS) is 23.6. The van der Waals surface area contributed by atoms with Crippen LogP contribution in [0.4, 0.5) is 20.2 Å². The molecular formula is C32H32F2N4O2. The predicted molar refractivity (Wildman–Crippen MR) is 150 cm³/mol. The zero-order valence-corrected chi connectivity index (χ0v) is 23.2. The topological polar surface area (TPSA) is 94.0 Å². The molecule has 2 aliphatic rings. The summed E-state index contributed by atoms with van der Waals surface area (Å²) in [7, 11) is 0. The number of halogens is 2. The van der Waals surface area contributed by atoms with E-state index in [-0.39, 0.29) is 11.0 Å². The molecule has 4 atom stereocenters. The van der Waals surface area contributed by atoms with E-state index in [0.717, 1.165) is 0 Å². The summed E-state index contributed by atoms with van der Waals surface area (Å²) in [6, 6.07) is 14.7. The zero-order valence-electron chi connectivity index (χ0n) is 23.2. The third-order valence-corrected chi connectivity index (χ3v) is 8.06. The molecule has 0 saturated carbocycles. The molecule has 2 unspecified atom stereocenters. The summed E-state index contributed by atoms with van der Waals surface area (Å²) in [4.78, 5) is 28.2. The monoisotopic (exact) mass is 542 g/mol. The van der Waals surface area contributed by atoms with Crippen LogP contribution in [0.2, 0.25) is 0 Å². The first-order valence-corrected chi connectivity index (χ1v) is 13.3. The van der Waals surface area contributed by atoms with Crippen molar-refractivity contribution < 1.29 is 18.4 Å². The molecule has 2 amide bonds. The number of aryl methyl sites for hydroxylation is 2. The van der Waals surface area contributed by atoms with Crippen molar-refractivity contribution >= 4 is 23.2 Å². The lowest BCUT2D eigenvalue weighted by Gasteiger charge is -2.37. The lowest BCUT2D eigenvalue weighted by Crippen LogP contribution is -2.49. The third kappa shape index (κ3) is 4.44. The van der Waals surface area contributed by atoms with Gasteiger partial charge >= 0.3 is 0 Å². The fourth-order valence-corrected chi connectivity index (χ4v) is 6.30. The number of amides is 2. The minimum Gasteiger partial charge on any atom is -0.325 e. The number of nitrogens with one attached hydrogen (secondary N) is 3. The number of carbonyl (C=O) groups excluding carboxylic acids is 2. The molecule has 8 heteroatoms. The van der Waals surface area contributed by atoms with Crippen LogP contribution in [0.25, 0.3) is 0 Å². The van der Waals surface area contributed by atoms with E-state index in [9.17, 15) is 9.59 Å². The van der Waals surface area contributed by atoms with Crippen LogP contribution in [-0.2, 0) is 15.0 Å². The van der Waals surface area contributed by atoms with E-state index in [4.69, 9.17) is 5.26 Å². The number of anilines is 2. The highest BCUT2D eigenvalue weighted by molar-refractivity contribution is 6.10. The van der Waals surface area contributed by atoms with Crippen LogP contribution in [0.1, 0.15) is 60.9 Å². The standard InChI is InChI=1S/C32H32F2N4O2/c1-17-7-6-8-21(27(17)34)26-28(29(39)36-20-11-9-19(16-35)10-12-20)38-25(15-31(3,4)5)32(26)22-14-23(33)18(2)13-24(22)37-30(32)40/h6-14,25-26,28,38H,15H2,1-5H3,(H,36,39)(H,37,40)/t25?,26?,28-,32-/m1/s1. The molecule has 0 bridgehead atoms. The fraction of sp³-hybridized carbons (Fsp3) is 0.344. The first-order valence-electron chi connectivity index (χ1n) is 13.3. The summed E-state index contributed by atoms with van der Waals surface area (Å²) in [6.07, 6.45) is 0.458. The van der Waals surface area contributed by atoms with Crippen LogP contribution in [0.5, 0.6) is 0 Å². The predicted octanol–water partition coefficient (Wildman–Crippen LogP) is 5.84. The molecule has 5 rings (SSSR count). The Morgan fingerprint density at radius 3 is 2.42 bits per heavy atom. The molecule has 1 spiro atoms. The minimum atomic E-state index is -1.46. The molecule has 1 fully saturated rings. The average molecular weight is 543 g/mol. The Morgan fingerprint density at radius 2 is 1.77 bits per heavy atom. The fourth-order valence-electron chi connectivity index (χ4n) is 6.30. The minimum absolute atomic E-state index is 0.216. The van der Waals surface area contributed by atoms with Gasteiger partial charge in [0.25, 0.3) is 0 Å². The highest BCUT2D eigenvalue weighted by atomic mass is 19.1. The highest BCUT2D eigenvalue weighted by Gasteiger charge is 2.66. The first kappa shape index (κ1) is 27.5. The van der Waals surface area contributed by atoms with Crippen molar-refractivity contribution in [2.75, 3.05) is 10.6 Å². The van der Waals surface area contributed by atoms with Crippen molar-refractivity contribution in [3.8, 4) is 6.07 Å². The van der Waals surface area contributed by atoms with Crippen LogP contribution < -0.4 is 16.0 Å². The van der Waals surface area contributed by atoms with Crippen molar-refractivity contribution in [2.45, 2.75) is 64.5 Å². The second-order valence-electron chi connectivity index (χ2n) is 12.1. The van der Waals surface area contributed by atoms with Gasteiger partial charge in [0.2, 0.25) is 11.8 Å². The van der Waals surface area contributed by atoms with Crippen molar-refractivity contribution in [3.63, 3.8) is 0 Å². The Morgan fingerprint density at radius 1 is 1.07 bits per heavy atom. The number of hydrogen-bond donors (Lipinski definition) is 3. The van der Waals surface area contributed by atoms with Gasteiger partial charge in [-0.05, 0) is 84.3 Å². The molecule has 3 aromatic carbocycles. The molecule has 1 saturated heterocycles. The summed E-state index contributed by atoms with van der Waals surface area (Å²) in [6.45, 7) is 9.34. The molecule has 2 heterocycles. The van der Waals surface area contributed by atoms with E-state index in [1.54, 1.807) is 62.4 Å². The molecular weight excluding hydrogens is 510 g/mol. The van der Waals surface area contributed by atoms with Crippen molar-refractivity contribution in [2.24, 2.45) is 5.41 Å². The first-order chi connectivity index (χ1) is 18.9. The maximum atomic E-state index is 16.0. The maximum absolute atomic E-state index is 16.0. The molecule has 3 aromatic rings. The summed E-state index contributed by atoms with van der Waals surface area (Å²) in [5, 5.41) is 18.4. The smallest absolute Gasteiger partial charge is 0.242 e. The molecule has 40 heavy (non-hydrogen) atoms. The van der Waals surface area contributed by atoms with E-state index in [1.165, 1.54) is 6.07 Å². The summed E-state index contributed by atoms with van der Waals surface area (Å²) >= 11 is 0. The molecule has 2 aliphatic heterocycles. The van der Waals surface area contributed by atoms with Gasteiger partial charge in [-0.15, -0.1) is 0 Å². The van der Waals surface area contributed by atoms with E-state index >= 15 is 8.78 Å². The number of nitriles is 1. The SMILES string of the molecule is Cc1cc2c(cc1F)[C@@]1(C(=O)N2)C(CC(C)(C)C)N[C@@H](C(=O)Nc2ccc(C#N)cc2)C1c1cccc(C)c1F. The molecule has 0 radical (unpaired) electrons. The van der Waals surface area contributed by atoms with Crippen molar-refractivity contribution in [3.05, 3.63) is 94.0 Å². The summed E-state index contributed by atoms with van der Waals surface area (Å²) in [5.74, 6) is -2.82. The van der Waals surface area contributed by atoms with Crippen LogP contribution in [0.3, 0.4) is 0 Å². The van der Waals surface area contributed by atoms with Gasteiger partial charge in [-0.3, -0.25) is 9.59 Å². The Hall–Kier alpha value is -4.09. The Bertz CT molecular complexity index is 1550. The second kappa shape index (κ2) is 9.83. The number of benzene rings is 3. The largest absolute Gasteiger partial charge is 0.325 e. The lowest BCUT2D eigenvalue weighted by molar-refractivity contribution is -0.122. The Kier molecular flexibility index (Phi) is 6.75. The van der Waals surface area contributed by atoms with E-state index in [0.29, 0.717) is 40.0 Å². The van der Waals surface area contributed by atoms with Crippen LogP contribution in [0, 0.1) is 42.2 Å². The number of rotatable bonds is 4. The lowest BCUT2D eigenvalue weighted by atomic mass is 9.62.